The van der Waals surface area contributed by atoms with Gasteiger partial charge in [0.25, 0.3) is 0 Å². The smallest absolute Gasteiger partial charge is 0.143 e. The van der Waals surface area contributed by atoms with E-state index in [0.717, 1.165) is 41.7 Å². The molecule has 1 N–H and O–H groups in total. The minimum Gasteiger partial charge on any atom is -0.497 e. The molecule has 3 aromatic carbocycles. The maximum atomic E-state index is 6.31. The fourth-order valence-electron chi connectivity index (χ4n) is 3.76. The van der Waals surface area contributed by atoms with Gasteiger partial charge in [-0.1, -0.05) is 30.3 Å². The molecule has 0 radical (unpaired) electrons. The van der Waals surface area contributed by atoms with E-state index in [0.29, 0.717) is 0 Å². The van der Waals surface area contributed by atoms with Gasteiger partial charge >= 0.3 is 0 Å². The van der Waals surface area contributed by atoms with Gasteiger partial charge in [-0.05, 0) is 48.9 Å². The van der Waals surface area contributed by atoms with Crippen molar-refractivity contribution in [2.24, 2.45) is 0 Å². The van der Waals surface area contributed by atoms with Crippen LogP contribution < -0.4 is 24.4 Å². The molecular formula is C25H28N2O3. The third-order valence-corrected chi connectivity index (χ3v) is 5.45. The largest absolute Gasteiger partial charge is 0.497 e. The van der Waals surface area contributed by atoms with E-state index in [9.17, 15) is 0 Å². The lowest BCUT2D eigenvalue weighted by Gasteiger charge is -2.37. The van der Waals surface area contributed by atoms with Crippen molar-refractivity contribution in [3.8, 4) is 17.2 Å². The van der Waals surface area contributed by atoms with Crippen LogP contribution in [0.3, 0.4) is 0 Å². The van der Waals surface area contributed by atoms with Crippen LogP contribution in [0.5, 0.6) is 17.2 Å². The SMILES string of the molecule is COc1cccc([C@@H](C)NCC2CN(c3cccc(OC)c3)c3ccccc3O2)c1. The lowest BCUT2D eigenvalue weighted by Crippen LogP contribution is -2.43. The Morgan fingerprint density at radius 1 is 0.967 bits per heavy atom. The molecule has 4 rings (SSSR count). The monoisotopic (exact) mass is 404 g/mol. The van der Waals surface area contributed by atoms with Crippen LogP contribution in [0.1, 0.15) is 18.5 Å². The molecule has 1 aliphatic rings. The van der Waals surface area contributed by atoms with Crippen LogP contribution in [0, 0.1) is 0 Å². The normalized spacial score (nSPS) is 16.4. The second-order valence-electron chi connectivity index (χ2n) is 7.43. The van der Waals surface area contributed by atoms with Gasteiger partial charge in [-0.25, -0.2) is 0 Å². The average molecular weight is 405 g/mol. The molecule has 0 fully saturated rings. The Hall–Kier alpha value is -3.18. The summed E-state index contributed by atoms with van der Waals surface area (Å²) in [4.78, 5) is 2.30. The van der Waals surface area contributed by atoms with Gasteiger partial charge in [-0.3, -0.25) is 0 Å². The fourth-order valence-corrected chi connectivity index (χ4v) is 3.76. The standard InChI is InChI=1S/C25H28N2O3/c1-18(19-8-6-10-21(14-19)28-2)26-16-23-17-27(20-9-7-11-22(15-20)29-3)24-12-4-5-13-25(24)30-23/h4-15,18,23,26H,16-17H2,1-3H3/t18-,23?/m1/s1. The van der Waals surface area contributed by atoms with Crippen LogP contribution in [0.2, 0.25) is 0 Å². The minimum absolute atomic E-state index is 0.0131. The molecule has 0 spiro atoms. The zero-order valence-electron chi connectivity index (χ0n) is 17.7. The van der Waals surface area contributed by atoms with Crippen LogP contribution in [0.15, 0.2) is 72.8 Å². The first kappa shape index (κ1) is 20.1. The van der Waals surface area contributed by atoms with E-state index >= 15 is 0 Å². The van der Waals surface area contributed by atoms with Crippen molar-refractivity contribution in [3.05, 3.63) is 78.4 Å². The van der Waals surface area contributed by atoms with Gasteiger partial charge in [0.05, 0.1) is 26.5 Å². The molecule has 1 aliphatic heterocycles. The predicted molar refractivity (Wildman–Crippen MR) is 120 cm³/mol. The molecule has 5 heteroatoms. The predicted octanol–water partition coefficient (Wildman–Crippen LogP) is 4.95. The van der Waals surface area contributed by atoms with E-state index < -0.39 is 0 Å². The number of nitrogens with one attached hydrogen (secondary N) is 1. The van der Waals surface area contributed by atoms with Crippen molar-refractivity contribution in [3.63, 3.8) is 0 Å². The van der Waals surface area contributed by atoms with Crippen LogP contribution in [0.4, 0.5) is 11.4 Å². The highest BCUT2D eigenvalue weighted by molar-refractivity contribution is 5.71. The van der Waals surface area contributed by atoms with Gasteiger partial charge in [0.1, 0.15) is 23.4 Å². The molecule has 2 atom stereocenters. The summed E-state index contributed by atoms with van der Waals surface area (Å²) in [6.07, 6.45) is 0.0131. The third kappa shape index (κ3) is 4.36. The minimum atomic E-state index is 0.0131. The summed E-state index contributed by atoms with van der Waals surface area (Å²) in [5.74, 6) is 2.61. The molecule has 0 aromatic heterocycles. The zero-order valence-corrected chi connectivity index (χ0v) is 17.7. The first-order chi connectivity index (χ1) is 14.7. The van der Waals surface area contributed by atoms with Gasteiger partial charge in [0, 0.05) is 24.3 Å². The van der Waals surface area contributed by atoms with E-state index in [-0.39, 0.29) is 12.1 Å². The summed E-state index contributed by atoms with van der Waals surface area (Å²) >= 11 is 0. The molecule has 5 nitrogen and oxygen atoms in total. The molecule has 156 valence electrons. The van der Waals surface area contributed by atoms with Crippen LogP contribution in [-0.4, -0.2) is 33.4 Å². The summed E-state index contributed by atoms with van der Waals surface area (Å²) in [5.41, 5.74) is 3.36. The molecule has 0 amide bonds. The zero-order chi connectivity index (χ0) is 20.9. The van der Waals surface area contributed by atoms with Crippen molar-refractivity contribution >= 4 is 11.4 Å². The van der Waals surface area contributed by atoms with E-state index in [1.54, 1.807) is 14.2 Å². The number of rotatable bonds is 7. The highest BCUT2D eigenvalue weighted by atomic mass is 16.5. The number of fused-ring (bicyclic) bond motifs is 1. The Morgan fingerprint density at radius 2 is 1.70 bits per heavy atom. The Morgan fingerprint density at radius 3 is 2.50 bits per heavy atom. The number of methoxy groups -OCH3 is 2. The number of anilines is 2. The van der Waals surface area contributed by atoms with Gasteiger partial charge in [0.15, 0.2) is 0 Å². The maximum Gasteiger partial charge on any atom is 0.143 e. The molecule has 0 saturated carbocycles. The molecule has 30 heavy (non-hydrogen) atoms. The summed E-state index contributed by atoms with van der Waals surface area (Å²) in [6, 6.07) is 24.7. The van der Waals surface area contributed by atoms with Crippen LogP contribution in [0.25, 0.3) is 0 Å². The lowest BCUT2D eigenvalue weighted by molar-refractivity contribution is 0.190. The number of ether oxygens (including phenoxy) is 3. The number of hydrogen-bond acceptors (Lipinski definition) is 5. The molecule has 3 aromatic rings. The summed E-state index contributed by atoms with van der Waals surface area (Å²) in [7, 11) is 3.39. The van der Waals surface area contributed by atoms with Gasteiger partial charge in [0.2, 0.25) is 0 Å². The second kappa shape index (κ2) is 9.09. The van der Waals surface area contributed by atoms with Gasteiger partial charge in [-0.15, -0.1) is 0 Å². The van der Waals surface area contributed by atoms with Crippen molar-refractivity contribution in [1.29, 1.82) is 0 Å². The highest BCUT2D eigenvalue weighted by Crippen LogP contribution is 2.38. The number of nitrogens with zero attached hydrogens (tertiary/aromatic N) is 1. The third-order valence-electron chi connectivity index (χ3n) is 5.45. The van der Waals surface area contributed by atoms with Crippen molar-refractivity contribution in [2.75, 3.05) is 32.2 Å². The Balaban J connectivity index is 1.51. The van der Waals surface area contributed by atoms with Gasteiger partial charge < -0.3 is 24.4 Å². The highest BCUT2D eigenvalue weighted by Gasteiger charge is 2.27. The summed E-state index contributed by atoms with van der Waals surface area (Å²) in [6.45, 7) is 3.64. The van der Waals surface area contributed by atoms with Crippen LogP contribution >= 0.6 is 0 Å². The van der Waals surface area contributed by atoms with E-state index in [4.69, 9.17) is 14.2 Å². The fraction of sp³-hybridized carbons (Fsp3) is 0.280. The van der Waals surface area contributed by atoms with E-state index in [2.05, 4.69) is 47.5 Å². The topological polar surface area (TPSA) is 43.0 Å². The van der Waals surface area contributed by atoms with Crippen molar-refractivity contribution < 1.29 is 14.2 Å². The number of benzene rings is 3. The molecule has 0 bridgehead atoms. The molecule has 1 unspecified atom stereocenters. The Kier molecular flexibility index (Phi) is 6.10. The van der Waals surface area contributed by atoms with Crippen molar-refractivity contribution in [1.82, 2.24) is 5.32 Å². The lowest BCUT2D eigenvalue weighted by atomic mass is 10.1. The molecule has 0 saturated heterocycles. The Bertz CT molecular complexity index is 991. The van der Waals surface area contributed by atoms with Gasteiger partial charge in [-0.2, -0.15) is 0 Å². The first-order valence-corrected chi connectivity index (χ1v) is 10.2. The van der Waals surface area contributed by atoms with Crippen molar-refractivity contribution in [2.45, 2.75) is 19.1 Å². The van der Waals surface area contributed by atoms with Crippen LogP contribution in [-0.2, 0) is 0 Å². The van der Waals surface area contributed by atoms with E-state index in [1.165, 1.54) is 5.56 Å². The summed E-state index contributed by atoms with van der Waals surface area (Å²) in [5, 5.41) is 3.61. The first-order valence-electron chi connectivity index (χ1n) is 10.2. The average Bonchev–Trinajstić information content (AvgIpc) is 2.82. The quantitative estimate of drug-likeness (QED) is 0.603. The number of para-hydroxylation sites is 2. The number of hydrogen-bond donors (Lipinski definition) is 1. The molecular weight excluding hydrogens is 376 g/mol. The molecule has 0 aliphatic carbocycles. The maximum absolute atomic E-state index is 6.31. The molecule has 1 heterocycles. The summed E-state index contributed by atoms with van der Waals surface area (Å²) < 4.78 is 17.1. The Labute approximate surface area is 178 Å². The second-order valence-corrected chi connectivity index (χ2v) is 7.43. The van der Waals surface area contributed by atoms with E-state index in [1.807, 2.05) is 42.5 Å².